The maximum Gasteiger partial charge on any atom is 0.272 e. The number of para-hydroxylation sites is 1. The SMILES string of the molecule is O=C(Nc1ccccc1Sc1ccccc1)c1cc2occc2[nH]1. The van der Waals surface area contributed by atoms with Crippen LogP contribution >= 0.6 is 11.8 Å². The van der Waals surface area contributed by atoms with Gasteiger partial charge in [-0.2, -0.15) is 0 Å². The van der Waals surface area contributed by atoms with Crippen LogP contribution in [-0.4, -0.2) is 10.9 Å². The lowest BCUT2D eigenvalue weighted by Crippen LogP contribution is -2.12. The van der Waals surface area contributed by atoms with Crippen LogP contribution in [0, 0.1) is 0 Å². The van der Waals surface area contributed by atoms with Crippen molar-refractivity contribution in [2.24, 2.45) is 0 Å². The summed E-state index contributed by atoms with van der Waals surface area (Å²) in [6.07, 6.45) is 1.59. The summed E-state index contributed by atoms with van der Waals surface area (Å²) in [6.45, 7) is 0. The molecular formula is C19H14N2O2S. The number of H-pyrrole nitrogens is 1. The van der Waals surface area contributed by atoms with E-state index in [-0.39, 0.29) is 5.91 Å². The van der Waals surface area contributed by atoms with Crippen LogP contribution in [0.25, 0.3) is 11.1 Å². The molecule has 2 aromatic heterocycles. The molecule has 0 aliphatic heterocycles. The van der Waals surface area contributed by atoms with Gasteiger partial charge in [-0.05, 0) is 24.3 Å². The van der Waals surface area contributed by atoms with E-state index in [0.29, 0.717) is 11.3 Å². The first-order valence-electron chi connectivity index (χ1n) is 7.49. The van der Waals surface area contributed by atoms with Crippen molar-refractivity contribution in [1.82, 2.24) is 4.98 Å². The summed E-state index contributed by atoms with van der Waals surface area (Å²) in [5.74, 6) is -0.192. The zero-order valence-corrected chi connectivity index (χ0v) is 13.5. The van der Waals surface area contributed by atoms with Crippen molar-refractivity contribution in [3.05, 3.63) is 78.7 Å². The molecule has 0 saturated heterocycles. The fraction of sp³-hybridized carbons (Fsp3) is 0. The van der Waals surface area contributed by atoms with E-state index >= 15 is 0 Å². The van der Waals surface area contributed by atoms with Crippen LogP contribution in [0.3, 0.4) is 0 Å². The molecule has 4 nitrogen and oxygen atoms in total. The van der Waals surface area contributed by atoms with Crippen LogP contribution in [0.1, 0.15) is 10.5 Å². The van der Waals surface area contributed by atoms with Gasteiger partial charge in [0.2, 0.25) is 0 Å². The minimum atomic E-state index is -0.192. The van der Waals surface area contributed by atoms with Crippen LogP contribution in [0.5, 0.6) is 0 Å². The van der Waals surface area contributed by atoms with Gasteiger partial charge in [0.05, 0.1) is 17.5 Å². The predicted octanol–water partition coefficient (Wildman–Crippen LogP) is 5.16. The van der Waals surface area contributed by atoms with Crippen molar-refractivity contribution in [2.75, 3.05) is 5.32 Å². The maximum atomic E-state index is 12.5. The van der Waals surface area contributed by atoms with E-state index in [1.54, 1.807) is 30.2 Å². The van der Waals surface area contributed by atoms with E-state index in [1.165, 1.54) is 0 Å². The van der Waals surface area contributed by atoms with E-state index in [4.69, 9.17) is 4.42 Å². The highest BCUT2D eigenvalue weighted by Crippen LogP contribution is 2.33. The molecule has 4 rings (SSSR count). The molecule has 4 aromatic rings. The average molecular weight is 334 g/mol. The van der Waals surface area contributed by atoms with Gasteiger partial charge in [0.1, 0.15) is 5.69 Å². The van der Waals surface area contributed by atoms with Crippen molar-refractivity contribution in [1.29, 1.82) is 0 Å². The number of benzene rings is 2. The van der Waals surface area contributed by atoms with Crippen molar-refractivity contribution >= 4 is 34.5 Å². The van der Waals surface area contributed by atoms with Gasteiger partial charge in [-0.15, -0.1) is 0 Å². The molecule has 0 spiro atoms. The molecular weight excluding hydrogens is 320 g/mol. The maximum absolute atomic E-state index is 12.5. The summed E-state index contributed by atoms with van der Waals surface area (Å²) >= 11 is 1.61. The summed E-state index contributed by atoms with van der Waals surface area (Å²) in [6, 6.07) is 21.3. The number of nitrogens with one attached hydrogen (secondary N) is 2. The Hall–Kier alpha value is -2.92. The van der Waals surface area contributed by atoms with Crippen molar-refractivity contribution in [3.8, 4) is 0 Å². The Labute approximate surface area is 142 Å². The van der Waals surface area contributed by atoms with E-state index in [0.717, 1.165) is 21.0 Å². The lowest BCUT2D eigenvalue weighted by atomic mass is 10.3. The van der Waals surface area contributed by atoms with Gasteiger partial charge >= 0.3 is 0 Å². The standard InChI is InChI=1S/C19H14N2O2S/c22-19(16-12-17-14(20-16)10-11-23-17)21-15-8-4-5-9-18(15)24-13-6-2-1-3-7-13/h1-12,20H,(H,21,22). The lowest BCUT2D eigenvalue weighted by Gasteiger charge is -2.10. The van der Waals surface area contributed by atoms with Crippen molar-refractivity contribution in [3.63, 3.8) is 0 Å². The molecule has 0 radical (unpaired) electrons. The molecule has 5 heteroatoms. The number of aromatic nitrogens is 1. The first kappa shape index (κ1) is 14.7. The molecule has 0 atom stereocenters. The largest absolute Gasteiger partial charge is 0.463 e. The Morgan fingerprint density at radius 1 is 1.00 bits per heavy atom. The first-order chi connectivity index (χ1) is 11.8. The molecule has 0 saturated carbocycles. The van der Waals surface area contributed by atoms with Gasteiger partial charge < -0.3 is 14.7 Å². The molecule has 118 valence electrons. The summed E-state index contributed by atoms with van der Waals surface area (Å²) in [4.78, 5) is 17.7. The number of furan rings is 1. The second-order valence-corrected chi connectivity index (χ2v) is 6.36. The third-order valence-corrected chi connectivity index (χ3v) is 4.67. The Kier molecular flexibility index (Phi) is 3.84. The summed E-state index contributed by atoms with van der Waals surface area (Å²) in [7, 11) is 0. The van der Waals surface area contributed by atoms with Crippen LogP contribution in [-0.2, 0) is 0 Å². The topological polar surface area (TPSA) is 58.0 Å². The van der Waals surface area contributed by atoms with E-state index in [2.05, 4.69) is 10.3 Å². The highest BCUT2D eigenvalue weighted by molar-refractivity contribution is 7.99. The Balaban J connectivity index is 1.58. The number of hydrogen-bond acceptors (Lipinski definition) is 3. The second-order valence-electron chi connectivity index (χ2n) is 5.25. The van der Waals surface area contributed by atoms with Crippen LogP contribution in [0.4, 0.5) is 5.69 Å². The average Bonchev–Trinajstić information content (AvgIpc) is 3.19. The normalized spacial score (nSPS) is 10.8. The quantitative estimate of drug-likeness (QED) is 0.541. The van der Waals surface area contributed by atoms with E-state index < -0.39 is 0 Å². The van der Waals surface area contributed by atoms with Gasteiger partial charge in [0, 0.05) is 21.9 Å². The number of hydrogen-bond donors (Lipinski definition) is 2. The lowest BCUT2D eigenvalue weighted by molar-refractivity contribution is 0.102. The van der Waals surface area contributed by atoms with E-state index in [9.17, 15) is 4.79 Å². The Morgan fingerprint density at radius 2 is 1.79 bits per heavy atom. The molecule has 24 heavy (non-hydrogen) atoms. The Bertz CT molecular complexity index is 960. The number of anilines is 1. The zero-order chi connectivity index (χ0) is 16.4. The minimum Gasteiger partial charge on any atom is -0.463 e. The molecule has 0 unspecified atom stereocenters. The predicted molar refractivity (Wildman–Crippen MR) is 95.5 cm³/mol. The first-order valence-corrected chi connectivity index (χ1v) is 8.31. The minimum absolute atomic E-state index is 0.192. The van der Waals surface area contributed by atoms with E-state index in [1.807, 2.05) is 54.6 Å². The summed E-state index contributed by atoms with van der Waals surface area (Å²) in [5.41, 5.74) is 2.74. The molecule has 2 aromatic carbocycles. The molecule has 0 aliphatic rings. The number of rotatable bonds is 4. The third kappa shape index (κ3) is 2.94. The van der Waals surface area contributed by atoms with Crippen molar-refractivity contribution in [2.45, 2.75) is 9.79 Å². The van der Waals surface area contributed by atoms with Crippen LogP contribution in [0.2, 0.25) is 0 Å². The third-order valence-electron chi connectivity index (χ3n) is 3.59. The van der Waals surface area contributed by atoms with Crippen molar-refractivity contribution < 1.29 is 9.21 Å². The van der Waals surface area contributed by atoms with Gasteiger partial charge in [0.25, 0.3) is 5.91 Å². The molecule has 0 aliphatic carbocycles. The fourth-order valence-electron chi connectivity index (χ4n) is 2.43. The van der Waals surface area contributed by atoms with Gasteiger partial charge in [0.15, 0.2) is 5.58 Å². The molecule has 2 heterocycles. The van der Waals surface area contributed by atoms with Gasteiger partial charge in [-0.3, -0.25) is 4.79 Å². The van der Waals surface area contributed by atoms with Crippen LogP contribution < -0.4 is 5.32 Å². The smallest absolute Gasteiger partial charge is 0.272 e. The summed E-state index contributed by atoms with van der Waals surface area (Å²) < 4.78 is 5.29. The number of fused-ring (bicyclic) bond motifs is 1. The zero-order valence-electron chi connectivity index (χ0n) is 12.7. The summed E-state index contributed by atoms with van der Waals surface area (Å²) in [5, 5.41) is 2.97. The van der Waals surface area contributed by atoms with Gasteiger partial charge in [-0.1, -0.05) is 42.1 Å². The van der Waals surface area contributed by atoms with Gasteiger partial charge in [-0.25, -0.2) is 0 Å². The number of amides is 1. The van der Waals surface area contributed by atoms with Crippen LogP contribution in [0.15, 0.2) is 87.2 Å². The molecule has 0 fully saturated rings. The molecule has 0 bridgehead atoms. The second kappa shape index (κ2) is 6.29. The number of aromatic amines is 1. The number of carbonyl (C=O) groups excluding carboxylic acids is 1. The molecule has 2 N–H and O–H groups in total. The highest BCUT2D eigenvalue weighted by atomic mass is 32.2. The molecule has 1 amide bonds. The fourth-order valence-corrected chi connectivity index (χ4v) is 3.36. The highest BCUT2D eigenvalue weighted by Gasteiger charge is 2.13. The number of carbonyl (C=O) groups is 1. The monoisotopic (exact) mass is 334 g/mol. The Morgan fingerprint density at radius 3 is 2.62 bits per heavy atom.